The molecule has 1 radical (unpaired) electrons. The van der Waals surface area contributed by atoms with E-state index in [-0.39, 0.29) is 5.25 Å². The van der Waals surface area contributed by atoms with Gasteiger partial charge in [-0.2, -0.15) is 0 Å². The van der Waals surface area contributed by atoms with Crippen LogP contribution in [0.1, 0.15) is 12.8 Å². The average molecular weight is 149 g/mol. The predicted octanol–water partition coefficient (Wildman–Crippen LogP) is -0.00750. The Morgan fingerprint density at radius 1 is 1.33 bits per heavy atom. The second-order valence-corrected chi connectivity index (χ2v) is 4.87. The van der Waals surface area contributed by atoms with Crippen molar-refractivity contribution in [3.05, 3.63) is 0 Å². The van der Waals surface area contributed by atoms with Gasteiger partial charge in [-0.3, -0.25) is 0 Å². The number of rotatable bonds is 1. The van der Waals surface area contributed by atoms with Crippen LogP contribution in [0, 0.1) is 0 Å². The first-order chi connectivity index (χ1) is 4.00. The van der Waals surface area contributed by atoms with Gasteiger partial charge in [0.25, 0.3) is 0 Å². The first-order valence-electron chi connectivity index (χ1n) is 2.85. The van der Waals surface area contributed by atoms with Crippen molar-refractivity contribution in [3.63, 3.8) is 0 Å². The van der Waals surface area contributed by atoms with Crippen LogP contribution in [-0.2, 0) is 14.9 Å². The van der Waals surface area contributed by atoms with E-state index in [0.717, 1.165) is 0 Å². The fourth-order valence-electron chi connectivity index (χ4n) is 0.867. The Morgan fingerprint density at radius 2 is 1.78 bits per heavy atom. The lowest BCUT2D eigenvalue weighted by Crippen LogP contribution is -2.37. The summed E-state index contributed by atoms with van der Waals surface area (Å²) in [6, 6.07) is 0. The van der Waals surface area contributed by atoms with Gasteiger partial charge in [-0.15, -0.1) is 0 Å². The highest BCUT2D eigenvalue weighted by atomic mass is 32.2. The first-order valence-corrected chi connectivity index (χ1v) is 4.80. The molecule has 0 N–H and O–H groups in total. The van der Waals surface area contributed by atoms with Crippen LogP contribution in [0.4, 0.5) is 0 Å². The molecular formula is C5H9O3S. The van der Waals surface area contributed by atoms with Crippen LogP contribution in [0.3, 0.4) is 0 Å². The summed E-state index contributed by atoms with van der Waals surface area (Å²) < 4.78 is 21.2. The van der Waals surface area contributed by atoms with Crippen LogP contribution in [0.5, 0.6) is 0 Å². The van der Waals surface area contributed by atoms with Gasteiger partial charge >= 0.3 is 0 Å². The van der Waals surface area contributed by atoms with E-state index in [2.05, 4.69) is 0 Å². The highest BCUT2D eigenvalue weighted by Gasteiger charge is 2.35. The molecule has 1 aliphatic carbocycles. The Labute approximate surface area is 54.6 Å². The molecule has 0 aromatic rings. The monoisotopic (exact) mass is 149 g/mol. The summed E-state index contributed by atoms with van der Waals surface area (Å²) in [4.78, 5) is 0. The minimum absolute atomic E-state index is 0.318. The fraction of sp³-hybridized carbons (Fsp3) is 1.00. The van der Waals surface area contributed by atoms with E-state index in [1.165, 1.54) is 6.26 Å². The van der Waals surface area contributed by atoms with Gasteiger partial charge in [0.15, 0.2) is 9.84 Å². The van der Waals surface area contributed by atoms with Gasteiger partial charge in [-0.05, 0) is 12.8 Å². The van der Waals surface area contributed by atoms with Crippen molar-refractivity contribution in [2.75, 3.05) is 6.26 Å². The summed E-state index contributed by atoms with van der Waals surface area (Å²) in [5.74, 6) is 0. The standard InChI is InChI=1S/C5H9O3S/c1-9(7,8)5-2-4(6)3-5/h4-5H,2-3H2,1H3. The molecule has 0 unspecified atom stereocenters. The smallest absolute Gasteiger partial charge is 0.150 e. The molecule has 3 nitrogen and oxygen atoms in total. The molecule has 1 fully saturated rings. The van der Waals surface area contributed by atoms with Gasteiger partial charge in [-0.1, -0.05) is 0 Å². The second-order valence-electron chi connectivity index (χ2n) is 2.54. The maximum absolute atomic E-state index is 10.6. The van der Waals surface area contributed by atoms with Gasteiger partial charge in [0, 0.05) is 6.26 Å². The third-order valence-electron chi connectivity index (χ3n) is 1.66. The van der Waals surface area contributed by atoms with Gasteiger partial charge in [0.05, 0.1) is 11.4 Å². The molecule has 1 aliphatic rings. The minimum atomic E-state index is -2.90. The Bertz CT molecular complexity index is 188. The largest absolute Gasteiger partial charge is 0.233 e. The van der Waals surface area contributed by atoms with E-state index >= 15 is 0 Å². The zero-order valence-corrected chi connectivity index (χ0v) is 6.02. The molecule has 0 amide bonds. The van der Waals surface area contributed by atoms with Crippen molar-refractivity contribution in [1.82, 2.24) is 0 Å². The van der Waals surface area contributed by atoms with Crippen LogP contribution in [0.25, 0.3) is 0 Å². The third kappa shape index (κ3) is 1.43. The molecule has 0 aromatic carbocycles. The fourth-order valence-corrected chi connectivity index (χ4v) is 2.00. The molecule has 0 spiro atoms. The van der Waals surface area contributed by atoms with E-state index in [0.29, 0.717) is 12.8 Å². The predicted molar refractivity (Wildman–Crippen MR) is 32.3 cm³/mol. The Hall–Kier alpha value is -0.0900. The normalized spacial score (nSPS) is 35.8. The summed E-state index contributed by atoms with van der Waals surface area (Å²) in [6.07, 6.45) is 1.20. The molecule has 0 atom stereocenters. The molecule has 1 rings (SSSR count). The Kier molecular flexibility index (Phi) is 1.52. The maximum Gasteiger partial charge on any atom is 0.150 e. The topological polar surface area (TPSA) is 54.0 Å². The molecule has 0 aliphatic heterocycles. The molecule has 9 heavy (non-hydrogen) atoms. The summed E-state index contributed by atoms with van der Waals surface area (Å²) in [6.45, 7) is 0. The summed E-state index contributed by atoms with van der Waals surface area (Å²) in [5, 5.41) is 10.0. The molecule has 0 heterocycles. The zero-order valence-electron chi connectivity index (χ0n) is 5.20. The number of hydrogen-bond acceptors (Lipinski definition) is 2. The lowest BCUT2D eigenvalue weighted by molar-refractivity contribution is 0.0279. The van der Waals surface area contributed by atoms with Gasteiger partial charge in [0.2, 0.25) is 0 Å². The van der Waals surface area contributed by atoms with Gasteiger partial charge < -0.3 is 0 Å². The van der Waals surface area contributed by atoms with E-state index < -0.39 is 15.9 Å². The summed E-state index contributed by atoms with van der Waals surface area (Å²) >= 11 is 0. The molecule has 1 saturated carbocycles. The summed E-state index contributed by atoms with van der Waals surface area (Å²) in [5.41, 5.74) is 0. The van der Waals surface area contributed by atoms with Crippen LogP contribution < -0.4 is 0 Å². The number of sulfone groups is 1. The van der Waals surface area contributed by atoms with Crippen LogP contribution in [0.2, 0.25) is 0 Å². The molecule has 4 heteroatoms. The maximum atomic E-state index is 10.6. The molecular weight excluding hydrogens is 140 g/mol. The average Bonchev–Trinajstić information content (AvgIpc) is 1.55. The van der Waals surface area contributed by atoms with Gasteiger partial charge in [-0.25, -0.2) is 13.5 Å². The Morgan fingerprint density at radius 3 is 1.89 bits per heavy atom. The van der Waals surface area contributed by atoms with E-state index in [9.17, 15) is 13.5 Å². The molecule has 0 aromatic heterocycles. The first kappa shape index (κ1) is 7.02. The third-order valence-corrected chi connectivity index (χ3v) is 3.25. The lowest BCUT2D eigenvalue weighted by Gasteiger charge is -2.27. The van der Waals surface area contributed by atoms with Crippen LogP contribution >= 0.6 is 0 Å². The van der Waals surface area contributed by atoms with Crippen molar-refractivity contribution >= 4 is 9.84 Å². The zero-order chi connectivity index (χ0) is 7.07. The van der Waals surface area contributed by atoms with Crippen molar-refractivity contribution in [2.24, 2.45) is 0 Å². The van der Waals surface area contributed by atoms with Crippen molar-refractivity contribution < 1.29 is 13.5 Å². The SMILES string of the molecule is CS(=O)(=O)C1CC([O])C1. The molecule has 0 saturated heterocycles. The number of hydrogen-bond donors (Lipinski definition) is 0. The molecule has 0 bridgehead atoms. The van der Waals surface area contributed by atoms with Crippen molar-refractivity contribution in [2.45, 2.75) is 24.2 Å². The van der Waals surface area contributed by atoms with Crippen LogP contribution in [0.15, 0.2) is 0 Å². The van der Waals surface area contributed by atoms with Gasteiger partial charge in [0.1, 0.15) is 0 Å². The van der Waals surface area contributed by atoms with Crippen molar-refractivity contribution in [1.29, 1.82) is 0 Å². The highest BCUT2D eigenvalue weighted by Crippen LogP contribution is 2.26. The van der Waals surface area contributed by atoms with Crippen molar-refractivity contribution in [3.8, 4) is 0 Å². The van der Waals surface area contributed by atoms with Crippen LogP contribution in [-0.4, -0.2) is 26.0 Å². The minimum Gasteiger partial charge on any atom is -0.233 e. The van der Waals surface area contributed by atoms with E-state index in [1.54, 1.807) is 0 Å². The Balaban J connectivity index is 2.51. The highest BCUT2D eigenvalue weighted by molar-refractivity contribution is 7.91. The summed E-state index contributed by atoms with van der Waals surface area (Å²) in [7, 11) is -2.90. The quantitative estimate of drug-likeness (QED) is 0.526. The second kappa shape index (κ2) is 1.95. The lowest BCUT2D eigenvalue weighted by atomic mass is 9.96. The van der Waals surface area contributed by atoms with E-state index in [1.807, 2.05) is 0 Å². The van der Waals surface area contributed by atoms with E-state index in [4.69, 9.17) is 0 Å². The molecule has 53 valence electrons.